The molecule has 0 spiro atoms. The van der Waals surface area contributed by atoms with Crippen LogP contribution in [-0.4, -0.2) is 41.2 Å². The van der Waals surface area contributed by atoms with Gasteiger partial charge in [0.2, 0.25) is 0 Å². The molecule has 1 aromatic carbocycles. The molecule has 1 atom stereocenters. The number of rotatable bonds is 8. The van der Waals surface area contributed by atoms with Crippen LogP contribution in [0.2, 0.25) is 0 Å². The SMILES string of the molecule is N#CCSCCCN(CCO)C1CCCc2ccccc21. The fourth-order valence-corrected chi connectivity index (χ4v) is 3.72. The highest BCUT2D eigenvalue weighted by Crippen LogP contribution is 2.34. The standard InChI is InChI=1S/C17H24N2OS/c18-9-14-21-13-4-10-19(11-12-20)17-8-3-6-15-5-1-2-7-16(15)17/h1-2,5,7,17,20H,3-4,6,8,10-14H2. The van der Waals surface area contributed by atoms with Crippen LogP contribution in [-0.2, 0) is 6.42 Å². The Morgan fingerprint density at radius 1 is 1.33 bits per heavy atom. The van der Waals surface area contributed by atoms with Crippen molar-refractivity contribution in [1.82, 2.24) is 4.90 Å². The molecule has 1 unspecified atom stereocenters. The normalized spacial score (nSPS) is 17.5. The largest absolute Gasteiger partial charge is 0.395 e. The second kappa shape index (κ2) is 9.09. The molecule has 3 nitrogen and oxygen atoms in total. The molecule has 0 bridgehead atoms. The lowest BCUT2D eigenvalue weighted by atomic mass is 9.86. The van der Waals surface area contributed by atoms with Crippen LogP contribution in [0.1, 0.15) is 36.4 Å². The van der Waals surface area contributed by atoms with E-state index in [-0.39, 0.29) is 6.61 Å². The Balaban J connectivity index is 1.97. The molecule has 1 aromatic rings. The van der Waals surface area contributed by atoms with E-state index in [0.29, 0.717) is 11.8 Å². The highest BCUT2D eigenvalue weighted by molar-refractivity contribution is 7.99. The van der Waals surface area contributed by atoms with Crippen molar-refractivity contribution >= 4 is 11.8 Å². The Kier molecular flexibility index (Phi) is 7.08. The molecular formula is C17H24N2OS. The molecule has 21 heavy (non-hydrogen) atoms. The van der Waals surface area contributed by atoms with Crippen LogP contribution >= 0.6 is 11.8 Å². The molecule has 114 valence electrons. The molecule has 4 heteroatoms. The fraction of sp³-hybridized carbons (Fsp3) is 0.588. The van der Waals surface area contributed by atoms with E-state index in [9.17, 15) is 5.11 Å². The molecule has 0 saturated heterocycles. The van der Waals surface area contributed by atoms with Crippen molar-refractivity contribution in [2.45, 2.75) is 31.7 Å². The van der Waals surface area contributed by atoms with E-state index < -0.39 is 0 Å². The third-order valence-corrected chi connectivity index (χ3v) is 4.98. The zero-order chi connectivity index (χ0) is 14.9. The van der Waals surface area contributed by atoms with Crippen molar-refractivity contribution in [1.29, 1.82) is 5.26 Å². The van der Waals surface area contributed by atoms with E-state index in [4.69, 9.17) is 5.26 Å². The maximum absolute atomic E-state index is 9.37. The van der Waals surface area contributed by atoms with Crippen LogP contribution in [0.15, 0.2) is 24.3 Å². The number of aryl methyl sites for hydroxylation is 1. The van der Waals surface area contributed by atoms with E-state index in [1.807, 2.05) is 0 Å². The quantitative estimate of drug-likeness (QED) is 0.750. The van der Waals surface area contributed by atoms with Gasteiger partial charge in [-0.25, -0.2) is 0 Å². The Labute approximate surface area is 132 Å². The molecule has 1 aliphatic carbocycles. The predicted octanol–water partition coefficient (Wildman–Crippen LogP) is 3.01. The molecule has 0 amide bonds. The molecule has 1 aliphatic rings. The number of thioether (sulfide) groups is 1. The van der Waals surface area contributed by atoms with Gasteiger partial charge in [0.05, 0.1) is 18.4 Å². The highest BCUT2D eigenvalue weighted by Gasteiger charge is 2.24. The number of hydrogen-bond acceptors (Lipinski definition) is 4. The summed E-state index contributed by atoms with van der Waals surface area (Å²) in [5.41, 5.74) is 2.91. The van der Waals surface area contributed by atoms with Crippen LogP contribution in [0, 0.1) is 11.3 Å². The molecule has 0 heterocycles. The number of aliphatic hydroxyl groups is 1. The van der Waals surface area contributed by atoms with Crippen LogP contribution in [0.25, 0.3) is 0 Å². The minimum absolute atomic E-state index is 0.212. The lowest BCUT2D eigenvalue weighted by Gasteiger charge is -2.35. The van der Waals surface area contributed by atoms with Gasteiger partial charge in [0.15, 0.2) is 0 Å². The first-order chi connectivity index (χ1) is 10.4. The summed E-state index contributed by atoms with van der Waals surface area (Å²) in [6, 6.07) is 11.3. The minimum atomic E-state index is 0.212. The predicted molar refractivity (Wildman–Crippen MR) is 88.3 cm³/mol. The highest BCUT2D eigenvalue weighted by atomic mass is 32.2. The molecule has 0 fully saturated rings. The summed E-state index contributed by atoms with van der Waals surface area (Å²) in [5.74, 6) is 1.59. The Morgan fingerprint density at radius 3 is 3.00 bits per heavy atom. The third-order valence-electron chi connectivity index (χ3n) is 4.07. The number of fused-ring (bicyclic) bond motifs is 1. The Hall–Kier alpha value is -1.02. The summed E-state index contributed by atoms with van der Waals surface area (Å²) in [6.45, 7) is 1.95. The lowest BCUT2D eigenvalue weighted by Crippen LogP contribution is -2.34. The zero-order valence-electron chi connectivity index (χ0n) is 12.5. The smallest absolute Gasteiger partial charge is 0.0808 e. The van der Waals surface area contributed by atoms with Gasteiger partial charge in [0, 0.05) is 12.6 Å². The van der Waals surface area contributed by atoms with Gasteiger partial charge < -0.3 is 5.11 Å². The number of aliphatic hydroxyl groups excluding tert-OH is 1. The van der Waals surface area contributed by atoms with Crippen molar-refractivity contribution < 1.29 is 5.11 Å². The average Bonchev–Trinajstić information content (AvgIpc) is 2.53. The first kappa shape index (κ1) is 16.4. The summed E-state index contributed by atoms with van der Waals surface area (Å²) >= 11 is 1.70. The first-order valence-electron chi connectivity index (χ1n) is 7.74. The van der Waals surface area contributed by atoms with E-state index in [1.54, 1.807) is 11.8 Å². The van der Waals surface area contributed by atoms with Gasteiger partial charge >= 0.3 is 0 Å². The minimum Gasteiger partial charge on any atom is -0.395 e. The van der Waals surface area contributed by atoms with Crippen molar-refractivity contribution in [2.75, 3.05) is 31.2 Å². The van der Waals surface area contributed by atoms with Crippen LogP contribution in [0.5, 0.6) is 0 Å². The molecule has 0 aromatic heterocycles. The van der Waals surface area contributed by atoms with Gasteiger partial charge in [-0.2, -0.15) is 5.26 Å². The third kappa shape index (κ3) is 4.74. The van der Waals surface area contributed by atoms with Gasteiger partial charge in [-0.05, 0) is 49.1 Å². The molecule has 1 N–H and O–H groups in total. The van der Waals surface area contributed by atoms with Gasteiger partial charge in [0.25, 0.3) is 0 Å². The topological polar surface area (TPSA) is 47.3 Å². The molecule has 2 rings (SSSR count). The van der Waals surface area contributed by atoms with Crippen molar-refractivity contribution in [2.24, 2.45) is 0 Å². The number of benzene rings is 1. The van der Waals surface area contributed by atoms with E-state index in [1.165, 1.54) is 30.4 Å². The van der Waals surface area contributed by atoms with Crippen molar-refractivity contribution in [3.63, 3.8) is 0 Å². The summed E-state index contributed by atoms with van der Waals surface area (Å²) < 4.78 is 0. The average molecular weight is 304 g/mol. The number of hydrogen-bond donors (Lipinski definition) is 1. The maximum atomic E-state index is 9.37. The van der Waals surface area contributed by atoms with E-state index in [0.717, 1.165) is 25.3 Å². The summed E-state index contributed by atoms with van der Waals surface area (Å²) in [6.07, 6.45) is 4.66. The maximum Gasteiger partial charge on any atom is 0.0808 e. The van der Waals surface area contributed by atoms with E-state index >= 15 is 0 Å². The Morgan fingerprint density at radius 2 is 2.19 bits per heavy atom. The van der Waals surface area contributed by atoms with Gasteiger partial charge in [0.1, 0.15) is 0 Å². The van der Waals surface area contributed by atoms with Crippen LogP contribution in [0.4, 0.5) is 0 Å². The van der Waals surface area contributed by atoms with Crippen LogP contribution in [0.3, 0.4) is 0 Å². The van der Waals surface area contributed by atoms with Gasteiger partial charge in [-0.15, -0.1) is 11.8 Å². The van der Waals surface area contributed by atoms with Crippen LogP contribution < -0.4 is 0 Å². The van der Waals surface area contributed by atoms with Crippen molar-refractivity contribution in [3.05, 3.63) is 35.4 Å². The van der Waals surface area contributed by atoms with Gasteiger partial charge in [-0.1, -0.05) is 24.3 Å². The molecule has 0 aliphatic heterocycles. The second-order valence-electron chi connectivity index (χ2n) is 5.43. The van der Waals surface area contributed by atoms with E-state index in [2.05, 4.69) is 35.2 Å². The number of nitrogens with zero attached hydrogens (tertiary/aromatic N) is 2. The first-order valence-corrected chi connectivity index (χ1v) is 8.89. The molecule has 0 radical (unpaired) electrons. The zero-order valence-corrected chi connectivity index (χ0v) is 13.3. The molecule has 0 saturated carbocycles. The Bertz CT molecular complexity index is 472. The summed E-state index contributed by atoms with van der Waals surface area (Å²) in [5, 5.41) is 17.9. The lowest BCUT2D eigenvalue weighted by molar-refractivity contribution is 0.139. The second-order valence-corrected chi connectivity index (χ2v) is 6.54. The summed E-state index contributed by atoms with van der Waals surface area (Å²) in [4.78, 5) is 2.42. The van der Waals surface area contributed by atoms with Gasteiger partial charge in [-0.3, -0.25) is 4.90 Å². The number of nitriles is 1. The fourth-order valence-electron chi connectivity index (χ4n) is 3.15. The molecular weight excluding hydrogens is 280 g/mol. The summed E-state index contributed by atoms with van der Waals surface area (Å²) in [7, 11) is 0. The van der Waals surface area contributed by atoms with Crippen molar-refractivity contribution in [3.8, 4) is 6.07 Å². The monoisotopic (exact) mass is 304 g/mol.